The number of nitrogens with zero attached hydrogens (tertiary/aromatic N) is 2. The first-order chi connectivity index (χ1) is 8.08. The predicted molar refractivity (Wildman–Crippen MR) is 68.4 cm³/mol. The van der Waals surface area contributed by atoms with E-state index in [1.54, 1.807) is 0 Å². The van der Waals surface area contributed by atoms with Crippen molar-refractivity contribution >= 4 is 12.4 Å². The summed E-state index contributed by atoms with van der Waals surface area (Å²) in [5.41, 5.74) is 6.62. The Morgan fingerprint density at radius 3 is 2.56 bits per heavy atom. The molecule has 1 saturated carbocycles. The maximum absolute atomic E-state index is 6.15. The van der Waals surface area contributed by atoms with Crippen molar-refractivity contribution in [3.8, 4) is 11.5 Å². The van der Waals surface area contributed by atoms with Gasteiger partial charge in [0.1, 0.15) is 11.5 Å². The van der Waals surface area contributed by atoms with Gasteiger partial charge in [-0.2, -0.15) is 4.98 Å². The molecule has 6 heteroatoms. The molecule has 1 aliphatic rings. The summed E-state index contributed by atoms with van der Waals surface area (Å²) in [6, 6.07) is 1.90. The highest BCUT2D eigenvalue weighted by Gasteiger charge is 2.39. The Balaban J connectivity index is 0.00000120. The van der Waals surface area contributed by atoms with E-state index in [1.165, 1.54) is 0 Å². The third kappa shape index (κ3) is 1.93. The Morgan fingerprint density at radius 1 is 1.33 bits per heavy atom. The van der Waals surface area contributed by atoms with Crippen LogP contribution in [0.4, 0.5) is 0 Å². The van der Waals surface area contributed by atoms with E-state index in [4.69, 9.17) is 14.7 Å². The zero-order chi connectivity index (χ0) is 12.0. The average Bonchev–Trinajstić information content (AvgIpc) is 2.81. The lowest BCUT2D eigenvalue weighted by atomic mass is 9.77. The fraction of sp³-hybridized carbons (Fsp3) is 0.500. The summed E-state index contributed by atoms with van der Waals surface area (Å²) >= 11 is 0. The largest absolute Gasteiger partial charge is 0.466 e. The topological polar surface area (TPSA) is 78.1 Å². The van der Waals surface area contributed by atoms with Crippen LogP contribution >= 0.6 is 12.4 Å². The maximum atomic E-state index is 6.15. The van der Waals surface area contributed by atoms with Crippen molar-refractivity contribution in [3.63, 3.8) is 0 Å². The smallest absolute Gasteiger partial charge is 0.261 e. The van der Waals surface area contributed by atoms with Crippen molar-refractivity contribution in [2.24, 2.45) is 5.73 Å². The highest BCUT2D eigenvalue weighted by molar-refractivity contribution is 5.85. The van der Waals surface area contributed by atoms with Gasteiger partial charge in [-0.25, -0.2) is 0 Å². The second kappa shape index (κ2) is 4.40. The van der Waals surface area contributed by atoms with E-state index in [0.29, 0.717) is 11.7 Å². The molecule has 0 amide bonds. The molecule has 0 aliphatic heterocycles. The summed E-state index contributed by atoms with van der Waals surface area (Å²) in [7, 11) is 0. The SMILES string of the molecule is Cc1cc(-c2nc(C3(N)CCC3)no2)c(C)o1.Cl. The molecule has 3 rings (SSSR count). The number of furan rings is 1. The Morgan fingerprint density at radius 2 is 2.06 bits per heavy atom. The van der Waals surface area contributed by atoms with Crippen molar-refractivity contribution in [1.29, 1.82) is 0 Å². The molecule has 2 aromatic heterocycles. The fourth-order valence-electron chi connectivity index (χ4n) is 2.16. The van der Waals surface area contributed by atoms with Gasteiger partial charge in [-0.05, 0) is 39.2 Å². The zero-order valence-electron chi connectivity index (χ0n) is 10.4. The summed E-state index contributed by atoms with van der Waals surface area (Å²) in [5, 5.41) is 3.98. The van der Waals surface area contributed by atoms with Crippen LogP contribution in [0.15, 0.2) is 15.0 Å². The van der Waals surface area contributed by atoms with E-state index < -0.39 is 0 Å². The van der Waals surface area contributed by atoms with Crippen LogP contribution in [0.1, 0.15) is 36.6 Å². The highest BCUT2D eigenvalue weighted by Crippen LogP contribution is 2.38. The molecule has 0 radical (unpaired) electrons. The second-order valence-corrected chi connectivity index (χ2v) is 4.76. The summed E-state index contributed by atoms with van der Waals surface area (Å²) in [5.74, 6) is 2.73. The Labute approximate surface area is 111 Å². The summed E-state index contributed by atoms with van der Waals surface area (Å²) in [6.45, 7) is 3.78. The number of nitrogens with two attached hydrogens (primary N) is 1. The molecule has 1 fully saturated rings. The standard InChI is InChI=1S/C12H15N3O2.ClH/c1-7-6-9(8(2)16-7)10-14-11(15-17-10)12(13)4-3-5-12;/h6H,3-5,13H2,1-2H3;1H. The van der Waals surface area contributed by atoms with Gasteiger partial charge in [0.05, 0.1) is 11.1 Å². The zero-order valence-corrected chi connectivity index (χ0v) is 11.2. The highest BCUT2D eigenvalue weighted by atomic mass is 35.5. The van der Waals surface area contributed by atoms with Crippen molar-refractivity contribution in [3.05, 3.63) is 23.4 Å². The van der Waals surface area contributed by atoms with Crippen LogP contribution < -0.4 is 5.73 Å². The minimum Gasteiger partial charge on any atom is -0.466 e. The molecule has 0 saturated heterocycles. The van der Waals surface area contributed by atoms with Crippen LogP contribution in [0.2, 0.25) is 0 Å². The van der Waals surface area contributed by atoms with E-state index >= 15 is 0 Å². The number of aryl methyl sites for hydroxylation is 2. The van der Waals surface area contributed by atoms with E-state index in [-0.39, 0.29) is 17.9 Å². The molecular formula is C12H16ClN3O2. The summed E-state index contributed by atoms with van der Waals surface area (Å²) in [6.07, 6.45) is 2.98. The van der Waals surface area contributed by atoms with E-state index in [2.05, 4.69) is 10.1 Å². The van der Waals surface area contributed by atoms with Gasteiger partial charge in [0.25, 0.3) is 5.89 Å². The van der Waals surface area contributed by atoms with Gasteiger partial charge in [0.2, 0.25) is 0 Å². The van der Waals surface area contributed by atoms with Gasteiger partial charge >= 0.3 is 0 Å². The molecule has 2 N–H and O–H groups in total. The molecular weight excluding hydrogens is 254 g/mol. The summed E-state index contributed by atoms with van der Waals surface area (Å²) in [4.78, 5) is 4.39. The molecule has 1 aliphatic carbocycles. The van der Waals surface area contributed by atoms with Crippen molar-refractivity contribution in [2.75, 3.05) is 0 Å². The molecule has 2 aromatic rings. The lowest BCUT2D eigenvalue weighted by Gasteiger charge is -2.34. The third-order valence-corrected chi connectivity index (χ3v) is 3.39. The average molecular weight is 270 g/mol. The molecule has 0 unspecified atom stereocenters. The molecule has 0 bridgehead atoms. The van der Waals surface area contributed by atoms with Gasteiger partial charge < -0.3 is 14.7 Å². The van der Waals surface area contributed by atoms with Crippen LogP contribution in [0.3, 0.4) is 0 Å². The Kier molecular flexibility index (Phi) is 3.21. The lowest BCUT2D eigenvalue weighted by Crippen LogP contribution is -2.44. The molecule has 98 valence electrons. The van der Waals surface area contributed by atoms with Gasteiger partial charge in [-0.3, -0.25) is 0 Å². The summed E-state index contributed by atoms with van der Waals surface area (Å²) < 4.78 is 10.7. The minimum absolute atomic E-state index is 0. The van der Waals surface area contributed by atoms with Crippen LogP contribution in [0.25, 0.3) is 11.5 Å². The Bertz CT molecular complexity index is 557. The molecule has 5 nitrogen and oxygen atoms in total. The van der Waals surface area contributed by atoms with Crippen molar-refractivity contribution in [1.82, 2.24) is 10.1 Å². The van der Waals surface area contributed by atoms with Crippen LogP contribution in [0, 0.1) is 13.8 Å². The third-order valence-electron chi connectivity index (χ3n) is 3.39. The van der Waals surface area contributed by atoms with Gasteiger partial charge in [0, 0.05) is 0 Å². The quantitative estimate of drug-likeness (QED) is 0.907. The fourth-order valence-corrected chi connectivity index (χ4v) is 2.16. The first-order valence-corrected chi connectivity index (χ1v) is 5.79. The number of hydrogen-bond acceptors (Lipinski definition) is 5. The molecule has 18 heavy (non-hydrogen) atoms. The number of hydrogen-bond donors (Lipinski definition) is 1. The molecule has 0 atom stereocenters. The van der Waals surface area contributed by atoms with E-state index in [9.17, 15) is 0 Å². The number of halogens is 1. The van der Waals surface area contributed by atoms with Gasteiger partial charge in [0.15, 0.2) is 5.82 Å². The lowest BCUT2D eigenvalue weighted by molar-refractivity contribution is 0.229. The first kappa shape index (κ1) is 13.1. The van der Waals surface area contributed by atoms with Gasteiger partial charge in [-0.1, -0.05) is 5.16 Å². The monoisotopic (exact) mass is 269 g/mol. The van der Waals surface area contributed by atoms with Gasteiger partial charge in [-0.15, -0.1) is 12.4 Å². The maximum Gasteiger partial charge on any atom is 0.261 e. The van der Waals surface area contributed by atoms with Crippen LogP contribution in [0.5, 0.6) is 0 Å². The predicted octanol–water partition coefficient (Wildman–Crippen LogP) is 2.71. The number of aromatic nitrogens is 2. The first-order valence-electron chi connectivity index (χ1n) is 5.79. The van der Waals surface area contributed by atoms with Crippen LogP contribution in [-0.2, 0) is 5.54 Å². The van der Waals surface area contributed by atoms with Crippen molar-refractivity contribution < 1.29 is 8.94 Å². The molecule has 0 spiro atoms. The molecule has 2 heterocycles. The van der Waals surface area contributed by atoms with E-state index in [1.807, 2.05) is 19.9 Å². The normalized spacial score (nSPS) is 17.1. The van der Waals surface area contributed by atoms with E-state index in [0.717, 1.165) is 36.3 Å². The molecule has 0 aromatic carbocycles. The van der Waals surface area contributed by atoms with Crippen molar-refractivity contribution in [2.45, 2.75) is 38.6 Å². The second-order valence-electron chi connectivity index (χ2n) is 4.76. The minimum atomic E-state index is -0.381. The number of rotatable bonds is 2. The Hall–Kier alpha value is -1.33. The van der Waals surface area contributed by atoms with Crippen LogP contribution in [-0.4, -0.2) is 10.1 Å².